The van der Waals surface area contributed by atoms with Gasteiger partial charge in [0, 0.05) is 12.6 Å². The van der Waals surface area contributed by atoms with Gasteiger partial charge in [-0.15, -0.1) is 0 Å². The Kier molecular flexibility index (Phi) is 9.86. The lowest BCUT2D eigenvalue weighted by molar-refractivity contribution is -0.139. The van der Waals surface area contributed by atoms with Crippen molar-refractivity contribution in [2.45, 2.75) is 78.3 Å². The second-order valence-corrected chi connectivity index (χ2v) is 5.29. The van der Waals surface area contributed by atoms with Gasteiger partial charge in [-0.2, -0.15) is 0 Å². The van der Waals surface area contributed by atoms with Crippen molar-refractivity contribution >= 4 is 12.0 Å². The first kappa shape index (κ1) is 18.7. The number of rotatable bonds is 10. The van der Waals surface area contributed by atoms with E-state index in [0.29, 0.717) is 13.0 Å². The molecule has 5 nitrogen and oxygen atoms in total. The fourth-order valence-electron chi connectivity index (χ4n) is 1.97. The standard InChI is InChI=1S/C15H30N2O3/c1-5-8-10-13(14(18)19)16-15(20)17(11-9-6-2)12(4)7-3/h12-13H,5-11H2,1-4H3,(H,16,20)(H,18,19). The zero-order valence-corrected chi connectivity index (χ0v) is 13.3. The Morgan fingerprint density at radius 2 is 1.75 bits per heavy atom. The lowest BCUT2D eigenvalue weighted by atomic mass is 10.1. The molecule has 0 saturated carbocycles. The fourth-order valence-corrected chi connectivity index (χ4v) is 1.97. The van der Waals surface area contributed by atoms with Crippen molar-refractivity contribution < 1.29 is 14.7 Å². The second kappa shape index (κ2) is 10.5. The molecule has 0 rings (SSSR count). The predicted octanol–water partition coefficient (Wildman–Crippen LogP) is 3.24. The van der Waals surface area contributed by atoms with Gasteiger partial charge in [-0.25, -0.2) is 9.59 Å². The number of hydrogen-bond acceptors (Lipinski definition) is 2. The molecule has 0 aliphatic rings. The third kappa shape index (κ3) is 6.78. The topological polar surface area (TPSA) is 69.6 Å². The third-order valence-electron chi connectivity index (χ3n) is 3.58. The first-order valence-corrected chi connectivity index (χ1v) is 7.77. The molecule has 20 heavy (non-hydrogen) atoms. The molecule has 5 heteroatoms. The van der Waals surface area contributed by atoms with E-state index in [0.717, 1.165) is 32.1 Å². The van der Waals surface area contributed by atoms with Crippen LogP contribution < -0.4 is 5.32 Å². The second-order valence-electron chi connectivity index (χ2n) is 5.29. The molecule has 0 radical (unpaired) electrons. The molecule has 0 spiro atoms. The highest BCUT2D eigenvalue weighted by molar-refractivity contribution is 5.82. The Morgan fingerprint density at radius 1 is 1.15 bits per heavy atom. The van der Waals surface area contributed by atoms with Crippen LogP contribution in [0.5, 0.6) is 0 Å². The Hall–Kier alpha value is -1.26. The Labute approximate surface area is 122 Å². The van der Waals surface area contributed by atoms with Crippen LogP contribution in [0.1, 0.15) is 66.2 Å². The van der Waals surface area contributed by atoms with E-state index in [9.17, 15) is 9.59 Å². The third-order valence-corrected chi connectivity index (χ3v) is 3.58. The maximum Gasteiger partial charge on any atom is 0.326 e. The summed E-state index contributed by atoms with van der Waals surface area (Å²) in [6, 6.07) is -0.908. The van der Waals surface area contributed by atoms with Crippen LogP contribution in [-0.4, -0.2) is 40.6 Å². The maximum absolute atomic E-state index is 12.3. The summed E-state index contributed by atoms with van der Waals surface area (Å²) in [6.45, 7) is 8.79. The van der Waals surface area contributed by atoms with E-state index in [1.54, 1.807) is 4.90 Å². The summed E-state index contributed by atoms with van der Waals surface area (Å²) < 4.78 is 0. The van der Waals surface area contributed by atoms with Gasteiger partial charge in [0.25, 0.3) is 0 Å². The molecule has 2 N–H and O–H groups in total. The van der Waals surface area contributed by atoms with E-state index < -0.39 is 12.0 Å². The quantitative estimate of drug-likeness (QED) is 0.647. The number of carbonyl (C=O) groups excluding carboxylic acids is 1. The van der Waals surface area contributed by atoms with Gasteiger partial charge in [0.2, 0.25) is 0 Å². The van der Waals surface area contributed by atoms with Gasteiger partial charge in [0.05, 0.1) is 0 Å². The van der Waals surface area contributed by atoms with Crippen LogP contribution in [0.2, 0.25) is 0 Å². The molecule has 0 aliphatic carbocycles. The molecule has 2 atom stereocenters. The average Bonchev–Trinajstić information content (AvgIpc) is 2.42. The zero-order valence-electron chi connectivity index (χ0n) is 13.3. The monoisotopic (exact) mass is 286 g/mol. The number of carboxylic acids is 1. The number of amides is 2. The van der Waals surface area contributed by atoms with E-state index >= 15 is 0 Å². The summed E-state index contributed by atoms with van der Waals surface area (Å²) in [5.74, 6) is -0.952. The lowest BCUT2D eigenvalue weighted by Gasteiger charge is -2.30. The minimum atomic E-state index is -0.952. The SMILES string of the molecule is CCCCC(NC(=O)N(CCCC)C(C)CC)C(=O)O. The number of nitrogens with zero attached hydrogens (tertiary/aromatic N) is 1. The summed E-state index contributed by atoms with van der Waals surface area (Å²) >= 11 is 0. The summed E-state index contributed by atoms with van der Waals surface area (Å²) in [5.41, 5.74) is 0. The molecule has 0 saturated heterocycles. The van der Waals surface area contributed by atoms with Crippen LogP contribution in [0.4, 0.5) is 4.79 Å². The van der Waals surface area contributed by atoms with Gasteiger partial charge in [-0.05, 0) is 26.2 Å². The van der Waals surface area contributed by atoms with Crippen LogP contribution in [-0.2, 0) is 4.79 Å². The molecular weight excluding hydrogens is 256 g/mol. The van der Waals surface area contributed by atoms with Crippen molar-refractivity contribution in [1.29, 1.82) is 0 Å². The van der Waals surface area contributed by atoms with E-state index in [2.05, 4.69) is 12.2 Å². The Bertz CT molecular complexity index is 295. The molecule has 0 fully saturated rings. The average molecular weight is 286 g/mol. The Morgan fingerprint density at radius 3 is 2.20 bits per heavy atom. The minimum absolute atomic E-state index is 0.127. The highest BCUT2D eigenvalue weighted by atomic mass is 16.4. The summed E-state index contributed by atoms with van der Waals surface area (Å²) in [5, 5.41) is 11.8. The van der Waals surface area contributed by atoms with Crippen LogP contribution in [0.25, 0.3) is 0 Å². The lowest BCUT2D eigenvalue weighted by Crippen LogP contribution is -2.50. The number of urea groups is 1. The molecule has 0 aliphatic heterocycles. The molecule has 0 aromatic heterocycles. The maximum atomic E-state index is 12.3. The molecule has 0 aromatic rings. The normalized spacial score (nSPS) is 13.6. The number of nitrogens with one attached hydrogen (secondary N) is 1. The van der Waals surface area contributed by atoms with Crippen molar-refractivity contribution in [1.82, 2.24) is 10.2 Å². The number of aliphatic carboxylic acids is 1. The van der Waals surface area contributed by atoms with Gasteiger partial charge >= 0.3 is 12.0 Å². The molecule has 0 bridgehead atoms. The minimum Gasteiger partial charge on any atom is -0.480 e. The first-order valence-electron chi connectivity index (χ1n) is 7.77. The van der Waals surface area contributed by atoms with Crippen molar-refractivity contribution in [3.63, 3.8) is 0 Å². The number of hydrogen-bond donors (Lipinski definition) is 2. The smallest absolute Gasteiger partial charge is 0.326 e. The molecule has 2 amide bonds. The molecular formula is C15H30N2O3. The van der Waals surface area contributed by atoms with Gasteiger partial charge in [-0.3, -0.25) is 0 Å². The molecule has 118 valence electrons. The van der Waals surface area contributed by atoms with E-state index in [1.165, 1.54) is 0 Å². The van der Waals surface area contributed by atoms with Gasteiger partial charge < -0.3 is 15.3 Å². The van der Waals surface area contributed by atoms with E-state index in [4.69, 9.17) is 5.11 Å². The number of unbranched alkanes of at least 4 members (excludes halogenated alkanes) is 2. The Balaban J connectivity index is 4.64. The van der Waals surface area contributed by atoms with Crippen LogP contribution >= 0.6 is 0 Å². The molecule has 0 heterocycles. The van der Waals surface area contributed by atoms with Crippen molar-refractivity contribution in [3.05, 3.63) is 0 Å². The van der Waals surface area contributed by atoms with E-state index in [1.807, 2.05) is 20.8 Å². The van der Waals surface area contributed by atoms with Crippen LogP contribution in [0, 0.1) is 0 Å². The number of carbonyl (C=O) groups is 2. The summed E-state index contributed by atoms with van der Waals surface area (Å²) in [7, 11) is 0. The zero-order chi connectivity index (χ0) is 15.5. The van der Waals surface area contributed by atoms with E-state index in [-0.39, 0.29) is 12.1 Å². The van der Waals surface area contributed by atoms with Crippen LogP contribution in [0.15, 0.2) is 0 Å². The highest BCUT2D eigenvalue weighted by Gasteiger charge is 2.24. The molecule has 0 aromatic carbocycles. The van der Waals surface area contributed by atoms with Crippen molar-refractivity contribution in [2.24, 2.45) is 0 Å². The first-order chi connectivity index (χ1) is 9.47. The fraction of sp³-hybridized carbons (Fsp3) is 0.867. The number of carboxylic acid groups (broad SMARTS) is 1. The van der Waals surface area contributed by atoms with Crippen LogP contribution in [0.3, 0.4) is 0 Å². The predicted molar refractivity (Wildman–Crippen MR) is 80.8 cm³/mol. The summed E-state index contributed by atoms with van der Waals surface area (Å²) in [4.78, 5) is 25.2. The van der Waals surface area contributed by atoms with Gasteiger partial charge in [0.1, 0.15) is 6.04 Å². The largest absolute Gasteiger partial charge is 0.480 e. The molecule has 2 unspecified atom stereocenters. The summed E-state index contributed by atoms with van der Waals surface area (Å²) in [6.07, 6.45) is 5.02. The van der Waals surface area contributed by atoms with Crippen molar-refractivity contribution in [2.75, 3.05) is 6.54 Å². The van der Waals surface area contributed by atoms with Gasteiger partial charge in [-0.1, -0.05) is 40.0 Å². The van der Waals surface area contributed by atoms with Gasteiger partial charge in [0.15, 0.2) is 0 Å². The highest BCUT2D eigenvalue weighted by Crippen LogP contribution is 2.08. The van der Waals surface area contributed by atoms with Crippen molar-refractivity contribution in [3.8, 4) is 0 Å².